The average Bonchev–Trinajstić information content (AvgIpc) is 3.07. The number of rotatable bonds is 3. The molecule has 0 aromatic carbocycles. The second kappa shape index (κ2) is 7.99. The molecule has 2 amide bonds. The van der Waals surface area contributed by atoms with Gasteiger partial charge < -0.3 is 10.2 Å². The molecule has 3 heterocycles. The lowest BCUT2D eigenvalue weighted by Crippen LogP contribution is -2.37. The van der Waals surface area contributed by atoms with Crippen LogP contribution in [-0.2, 0) is 6.18 Å². The molecule has 0 aliphatic carbocycles. The number of hydrogen-bond donors (Lipinski definition) is 2. The molecular weight excluding hydrogens is 375 g/mol. The number of likely N-dealkylation sites (tertiary alicyclic amines) is 1. The van der Waals surface area contributed by atoms with Crippen molar-refractivity contribution in [3.8, 4) is 0 Å². The summed E-state index contributed by atoms with van der Waals surface area (Å²) in [5.41, 5.74) is -0.474. The van der Waals surface area contributed by atoms with Gasteiger partial charge in [0.1, 0.15) is 11.4 Å². The topological polar surface area (TPSA) is 91.0 Å². The Morgan fingerprint density at radius 1 is 1.21 bits per heavy atom. The van der Waals surface area contributed by atoms with Gasteiger partial charge in [0.15, 0.2) is 0 Å². The Hall–Kier alpha value is -2.91. The molecule has 7 nitrogen and oxygen atoms in total. The number of amides is 2. The van der Waals surface area contributed by atoms with E-state index in [4.69, 9.17) is 0 Å². The van der Waals surface area contributed by atoms with E-state index in [0.29, 0.717) is 38.0 Å². The second-order valence-electron chi connectivity index (χ2n) is 6.69. The molecule has 2 N–H and O–H groups in total. The molecule has 1 aliphatic rings. The highest BCUT2D eigenvalue weighted by Crippen LogP contribution is 2.28. The fourth-order valence-corrected chi connectivity index (χ4v) is 3.21. The Morgan fingerprint density at radius 2 is 2.00 bits per heavy atom. The summed E-state index contributed by atoms with van der Waals surface area (Å²) in [7, 11) is 0. The smallest absolute Gasteiger partial charge is 0.349 e. The molecule has 2 aromatic heterocycles. The first-order valence-corrected chi connectivity index (χ1v) is 8.90. The van der Waals surface area contributed by atoms with E-state index in [1.165, 1.54) is 13.1 Å². The normalized spacial score (nSPS) is 17.9. The fraction of sp³-hybridized carbons (Fsp3) is 0.444. The highest BCUT2D eigenvalue weighted by Gasteiger charge is 2.33. The third-order valence-corrected chi connectivity index (χ3v) is 4.70. The van der Waals surface area contributed by atoms with Crippen LogP contribution < -0.4 is 5.32 Å². The summed E-state index contributed by atoms with van der Waals surface area (Å²) < 4.78 is 38.2. The van der Waals surface area contributed by atoms with Crippen LogP contribution in [0.5, 0.6) is 0 Å². The second-order valence-corrected chi connectivity index (χ2v) is 6.69. The van der Waals surface area contributed by atoms with Crippen molar-refractivity contribution >= 4 is 11.8 Å². The summed E-state index contributed by atoms with van der Waals surface area (Å²) in [6.45, 7) is 2.40. The van der Waals surface area contributed by atoms with Crippen molar-refractivity contribution in [1.29, 1.82) is 0 Å². The summed E-state index contributed by atoms with van der Waals surface area (Å²) in [4.78, 5) is 30.1. The van der Waals surface area contributed by atoms with Crippen LogP contribution in [0.3, 0.4) is 0 Å². The molecule has 10 heteroatoms. The average molecular weight is 395 g/mol. The fourth-order valence-electron chi connectivity index (χ4n) is 3.21. The lowest BCUT2D eigenvalue weighted by Gasteiger charge is -2.20. The lowest BCUT2D eigenvalue weighted by atomic mass is 10.1. The molecule has 1 atom stereocenters. The maximum absolute atomic E-state index is 12.7. The van der Waals surface area contributed by atoms with Crippen molar-refractivity contribution in [2.45, 2.75) is 38.4 Å². The number of alkyl halides is 3. The highest BCUT2D eigenvalue weighted by molar-refractivity contribution is 5.95. The Kier molecular flexibility index (Phi) is 5.66. The molecule has 1 aliphatic heterocycles. The van der Waals surface area contributed by atoms with E-state index in [9.17, 15) is 22.8 Å². The van der Waals surface area contributed by atoms with Gasteiger partial charge in [0.2, 0.25) is 0 Å². The van der Waals surface area contributed by atoms with Crippen molar-refractivity contribution in [3.05, 3.63) is 47.0 Å². The minimum atomic E-state index is -4.55. The van der Waals surface area contributed by atoms with E-state index in [2.05, 4.69) is 20.5 Å². The van der Waals surface area contributed by atoms with Gasteiger partial charge in [-0.3, -0.25) is 14.7 Å². The molecule has 0 saturated carbocycles. The van der Waals surface area contributed by atoms with Crippen LogP contribution in [-0.4, -0.2) is 51.0 Å². The molecule has 1 unspecified atom stereocenters. The first-order valence-electron chi connectivity index (χ1n) is 8.90. The molecule has 2 aromatic rings. The van der Waals surface area contributed by atoms with Gasteiger partial charge in [-0.15, -0.1) is 0 Å². The van der Waals surface area contributed by atoms with Gasteiger partial charge in [-0.05, 0) is 44.4 Å². The molecule has 0 radical (unpaired) electrons. The number of aromatic nitrogens is 3. The number of pyridine rings is 1. The van der Waals surface area contributed by atoms with Gasteiger partial charge in [-0.2, -0.15) is 18.3 Å². The Balaban J connectivity index is 1.61. The summed E-state index contributed by atoms with van der Waals surface area (Å²) in [6.07, 6.45) is -1.11. The SMILES string of the molecule is Cc1nc(C(F)(F)F)ccc1C(=O)NC1CCCN(C(=O)c2ccn[nH]2)CC1. The molecule has 3 rings (SSSR count). The van der Waals surface area contributed by atoms with Crippen molar-refractivity contribution in [2.24, 2.45) is 0 Å². The quantitative estimate of drug-likeness (QED) is 0.836. The van der Waals surface area contributed by atoms with Gasteiger partial charge in [0.25, 0.3) is 11.8 Å². The van der Waals surface area contributed by atoms with Crippen LogP contribution in [0.2, 0.25) is 0 Å². The zero-order valence-corrected chi connectivity index (χ0v) is 15.2. The van der Waals surface area contributed by atoms with Gasteiger partial charge >= 0.3 is 6.18 Å². The number of carbonyl (C=O) groups is 2. The molecule has 0 bridgehead atoms. The van der Waals surface area contributed by atoms with E-state index in [0.717, 1.165) is 12.1 Å². The minimum Gasteiger partial charge on any atom is -0.349 e. The zero-order chi connectivity index (χ0) is 20.3. The predicted octanol–water partition coefficient (Wildman–Crippen LogP) is 2.56. The van der Waals surface area contributed by atoms with E-state index in [1.807, 2.05) is 0 Å². The van der Waals surface area contributed by atoms with Crippen molar-refractivity contribution in [3.63, 3.8) is 0 Å². The number of nitrogens with one attached hydrogen (secondary N) is 2. The van der Waals surface area contributed by atoms with Crippen LogP contribution in [0.15, 0.2) is 24.4 Å². The maximum atomic E-state index is 12.7. The largest absolute Gasteiger partial charge is 0.433 e. The van der Waals surface area contributed by atoms with E-state index in [1.54, 1.807) is 11.0 Å². The number of carbonyl (C=O) groups excluding carboxylic acids is 2. The molecule has 28 heavy (non-hydrogen) atoms. The van der Waals surface area contributed by atoms with Crippen LogP contribution >= 0.6 is 0 Å². The lowest BCUT2D eigenvalue weighted by molar-refractivity contribution is -0.141. The van der Waals surface area contributed by atoms with E-state index in [-0.39, 0.29) is 23.2 Å². The summed E-state index contributed by atoms with van der Waals surface area (Å²) >= 11 is 0. The zero-order valence-electron chi connectivity index (χ0n) is 15.2. The van der Waals surface area contributed by atoms with Crippen LogP contribution in [0.25, 0.3) is 0 Å². The number of H-pyrrole nitrogens is 1. The highest BCUT2D eigenvalue weighted by atomic mass is 19.4. The molecule has 1 saturated heterocycles. The van der Waals surface area contributed by atoms with Crippen molar-refractivity contribution in [1.82, 2.24) is 25.4 Å². The first kappa shape index (κ1) is 19.8. The van der Waals surface area contributed by atoms with Gasteiger partial charge in [0, 0.05) is 25.3 Å². The Morgan fingerprint density at radius 3 is 2.64 bits per heavy atom. The number of aromatic amines is 1. The number of halogens is 3. The standard InChI is InChI=1S/C18H20F3N5O2/c1-11-13(4-5-15(23-11)18(19,20)21)16(27)24-12-3-2-9-26(10-7-12)17(28)14-6-8-22-25-14/h4-6,8,12H,2-3,7,9-10H2,1H3,(H,22,25)(H,24,27). The molecule has 1 fully saturated rings. The monoisotopic (exact) mass is 395 g/mol. The van der Waals surface area contributed by atoms with E-state index >= 15 is 0 Å². The van der Waals surface area contributed by atoms with Gasteiger partial charge in [-0.1, -0.05) is 0 Å². The molecular formula is C18H20F3N5O2. The van der Waals surface area contributed by atoms with Crippen LogP contribution in [0, 0.1) is 6.92 Å². The summed E-state index contributed by atoms with van der Waals surface area (Å²) in [5.74, 6) is -0.607. The third-order valence-electron chi connectivity index (χ3n) is 4.70. The third kappa shape index (κ3) is 4.49. The molecule has 0 spiro atoms. The van der Waals surface area contributed by atoms with Crippen LogP contribution in [0.4, 0.5) is 13.2 Å². The van der Waals surface area contributed by atoms with Gasteiger partial charge in [0.05, 0.1) is 11.3 Å². The number of aryl methyl sites for hydroxylation is 1. The van der Waals surface area contributed by atoms with Crippen LogP contribution in [0.1, 0.15) is 51.5 Å². The molecule has 150 valence electrons. The van der Waals surface area contributed by atoms with Crippen molar-refractivity contribution in [2.75, 3.05) is 13.1 Å². The van der Waals surface area contributed by atoms with E-state index < -0.39 is 17.8 Å². The number of hydrogen-bond acceptors (Lipinski definition) is 4. The first-order chi connectivity index (χ1) is 13.3. The number of nitrogens with zero attached hydrogens (tertiary/aromatic N) is 3. The van der Waals surface area contributed by atoms with Gasteiger partial charge in [-0.25, -0.2) is 4.98 Å². The maximum Gasteiger partial charge on any atom is 0.433 e. The summed E-state index contributed by atoms with van der Waals surface area (Å²) in [5, 5.41) is 9.27. The minimum absolute atomic E-state index is 0.0250. The Bertz CT molecular complexity index is 851. The summed E-state index contributed by atoms with van der Waals surface area (Å²) in [6, 6.07) is 3.38. The predicted molar refractivity (Wildman–Crippen MR) is 93.6 cm³/mol. The Labute approximate surface area is 159 Å². The van der Waals surface area contributed by atoms with Crippen molar-refractivity contribution < 1.29 is 22.8 Å².